The van der Waals surface area contributed by atoms with Crippen molar-refractivity contribution in [2.24, 2.45) is 4.99 Å². The SMILES string of the molecule is COc1ccccc1CN=C1NC(=O)[C@H](CC(=O)Nc2ccc(C)cc2C)S1. The lowest BCUT2D eigenvalue weighted by Gasteiger charge is -2.10. The molecule has 1 atom stereocenters. The number of amidine groups is 1. The van der Waals surface area contributed by atoms with Gasteiger partial charge in [-0.2, -0.15) is 0 Å². The Balaban J connectivity index is 1.58. The molecule has 28 heavy (non-hydrogen) atoms. The number of nitrogens with one attached hydrogen (secondary N) is 2. The topological polar surface area (TPSA) is 79.8 Å². The van der Waals surface area contributed by atoms with Crippen LogP contribution in [0.15, 0.2) is 47.5 Å². The van der Waals surface area contributed by atoms with E-state index in [1.54, 1.807) is 7.11 Å². The number of carbonyl (C=O) groups is 2. The highest BCUT2D eigenvalue weighted by atomic mass is 32.2. The molecule has 1 heterocycles. The van der Waals surface area contributed by atoms with Gasteiger partial charge in [-0.25, -0.2) is 0 Å². The molecule has 2 aromatic carbocycles. The van der Waals surface area contributed by atoms with Crippen LogP contribution in [0, 0.1) is 13.8 Å². The van der Waals surface area contributed by atoms with Crippen LogP contribution in [0.25, 0.3) is 0 Å². The summed E-state index contributed by atoms with van der Waals surface area (Å²) in [4.78, 5) is 29.0. The van der Waals surface area contributed by atoms with Crippen LogP contribution in [-0.4, -0.2) is 29.3 Å². The van der Waals surface area contributed by atoms with Gasteiger partial charge in [0.2, 0.25) is 11.8 Å². The molecule has 0 spiro atoms. The van der Waals surface area contributed by atoms with Crippen LogP contribution in [0.4, 0.5) is 5.69 Å². The Morgan fingerprint density at radius 3 is 2.79 bits per heavy atom. The van der Waals surface area contributed by atoms with Crippen molar-refractivity contribution < 1.29 is 14.3 Å². The molecule has 7 heteroatoms. The van der Waals surface area contributed by atoms with E-state index in [0.717, 1.165) is 28.1 Å². The fourth-order valence-electron chi connectivity index (χ4n) is 2.93. The van der Waals surface area contributed by atoms with Crippen LogP contribution < -0.4 is 15.4 Å². The molecule has 146 valence electrons. The Kier molecular flexibility index (Phi) is 6.36. The van der Waals surface area contributed by atoms with Crippen molar-refractivity contribution in [2.75, 3.05) is 12.4 Å². The molecule has 2 aromatic rings. The van der Waals surface area contributed by atoms with E-state index in [-0.39, 0.29) is 18.2 Å². The maximum Gasteiger partial charge on any atom is 0.240 e. The van der Waals surface area contributed by atoms with Gasteiger partial charge in [-0.1, -0.05) is 47.7 Å². The largest absolute Gasteiger partial charge is 0.496 e. The summed E-state index contributed by atoms with van der Waals surface area (Å²) >= 11 is 1.28. The number of nitrogens with zero attached hydrogens (tertiary/aromatic N) is 1. The van der Waals surface area contributed by atoms with E-state index in [9.17, 15) is 9.59 Å². The number of hydrogen-bond acceptors (Lipinski definition) is 5. The quantitative estimate of drug-likeness (QED) is 0.783. The number of hydrogen-bond donors (Lipinski definition) is 2. The average Bonchev–Trinajstić information content (AvgIpc) is 3.02. The third-order valence-corrected chi connectivity index (χ3v) is 5.51. The minimum atomic E-state index is -0.484. The molecule has 1 aliphatic rings. The lowest BCUT2D eigenvalue weighted by atomic mass is 10.1. The van der Waals surface area contributed by atoms with Gasteiger partial charge in [0.25, 0.3) is 0 Å². The Hall–Kier alpha value is -2.80. The first kappa shape index (κ1) is 19.9. The van der Waals surface area contributed by atoms with Gasteiger partial charge in [0, 0.05) is 17.7 Å². The molecule has 0 bridgehead atoms. The fraction of sp³-hybridized carbons (Fsp3) is 0.286. The van der Waals surface area contributed by atoms with Crippen molar-refractivity contribution in [3.63, 3.8) is 0 Å². The van der Waals surface area contributed by atoms with Crippen LogP contribution in [0.5, 0.6) is 5.75 Å². The molecule has 0 unspecified atom stereocenters. The summed E-state index contributed by atoms with van der Waals surface area (Å²) in [6.45, 7) is 4.35. The number of aryl methyl sites for hydroxylation is 2. The highest BCUT2D eigenvalue weighted by molar-refractivity contribution is 8.15. The number of amides is 2. The maximum atomic E-state index is 12.4. The molecule has 0 saturated carbocycles. The van der Waals surface area contributed by atoms with E-state index in [4.69, 9.17) is 4.74 Å². The van der Waals surface area contributed by atoms with E-state index in [0.29, 0.717) is 11.7 Å². The van der Waals surface area contributed by atoms with E-state index in [1.165, 1.54) is 11.8 Å². The van der Waals surface area contributed by atoms with Crippen molar-refractivity contribution in [3.8, 4) is 5.75 Å². The molecule has 6 nitrogen and oxygen atoms in total. The summed E-state index contributed by atoms with van der Waals surface area (Å²) in [5.74, 6) is 0.371. The van der Waals surface area contributed by atoms with Gasteiger partial charge >= 0.3 is 0 Å². The lowest BCUT2D eigenvalue weighted by Crippen LogP contribution is -2.28. The number of aliphatic imine (C=N–C) groups is 1. The Morgan fingerprint density at radius 1 is 1.25 bits per heavy atom. The number of anilines is 1. The second kappa shape index (κ2) is 8.93. The number of carbonyl (C=O) groups excluding carboxylic acids is 2. The Bertz CT molecular complexity index is 927. The van der Waals surface area contributed by atoms with Crippen LogP contribution in [0.2, 0.25) is 0 Å². The summed E-state index contributed by atoms with van der Waals surface area (Å²) in [6, 6.07) is 13.4. The van der Waals surface area contributed by atoms with Crippen molar-refractivity contribution in [3.05, 3.63) is 59.2 Å². The highest BCUT2D eigenvalue weighted by Gasteiger charge is 2.32. The molecule has 1 fully saturated rings. The van der Waals surface area contributed by atoms with E-state index < -0.39 is 5.25 Å². The monoisotopic (exact) mass is 397 g/mol. The first-order chi connectivity index (χ1) is 13.5. The first-order valence-electron chi connectivity index (χ1n) is 8.97. The number of ether oxygens (including phenoxy) is 1. The van der Waals surface area contributed by atoms with Gasteiger partial charge in [-0.3, -0.25) is 14.6 Å². The second-order valence-electron chi connectivity index (χ2n) is 6.60. The zero-order valence-corrected chi connectivity index (χ0v) is 16.9. The smallest absolute Gasteiger partial charge is 0.240 e. The van der Waals surface area contributed by atoms with Gasteiger partial charge < -0.3 is 15.4 Å². The molecule has 0 aliphatic carbocycles. The molecule has 1 aliphatic heterocycles. The van der Waals surface area contributed by atoms with Crippen molar-refractivity contribution >= 4 is 34.4 Å². The van der Waals surface area contributed by atoms with E-state index >= 15 is 0 Å². The van der Waals surface area contributed by atoms with Gasteiger partial charge in [-0.15, -0.1) is 0 Å². The zero-order valence-electron chi connectivity index (χ0n) is 16.1. The summed E-state index contributed by atoms with van der Waals surface area (Å²) in [5, 5.41) is 5.68. The molecule has 0 radical (unpaired) electrons. The van der Waals surface area contributed by atoms with Crippen LogP contribution in [-0.2, 0) is 16.1 Å². The van der Waals surface area contributed by atoms with Crippen LogP contribution in [0.1, 0.15) is 23.1 Å². The number of para-hydroxylation sites is 1. The lowest BCUT2D eigenvalue weighted by molar-refractivity contribution is -0.122. The standard InChI is InChI=1S/C21H23N3O3S/c1-13-8-9-16(14(2)10-13)23-19(25)11-18-20(26)24-21(28-18)22-12-15-6-4-5-7-17(15)27-3/h4-10,18H,11-12H2,1-3H3,(H,23,25)(H,22,24,26)/t18-/m0/s1. The molecule has 2 amide bonds. The third kappa shape index (κ3) is 4.92. The molecule has 0 aromatic heterocycles. The number of benzene rings is 2. The van der Waals surface area contributed by atoms with Gasteiger partial charge in [-0.05, 0) is 31.5 Å². The predicted octanol–water partition coefficient (Wildman–Crippen LogP) is 3.43. The molecule has 3 rings (SSSR count). The zero-order chi connectivity index (χ0) is 20.1. The summed E-state index contributed by atoms with van der Waals surface area (Å²) in [6.07, 6.45) is 0.0947. The van der Waals surface area contributed by atoms with Gasteiger partial charge in [0.15, 0.2) is 5.17 Å². The highest BCUT2D eigenvalue weighted by Crippen LogP contribution is 2.25. The second-order valence-corrected chi connectivity index (χ2v) is 7.79. The van der Waals surface area contributed by atoms with Crippen molar-refractivity contribution in [2.45, 2.75) is 32.1 Å². The Labute approximate surface area is 168 Å². The van der Waals surface area contributed by atoms with Crippen molar-refractivity contribution in [1.82, 2.24) is 5.32 Å². The average molecular weight is 398 g/mol. The molecular weight excluding hydrogens is 374 g/mol. The van der Waals surface area contributed by atoms with Gasteiger partial charge in [0.05, 0.1) is 13.7 Å². The first-order valence-corrected chi connectivity index (χ1v) is 9.85. The van der Waals surface area contributed by atoms with Crippen molar-refractivity contribution in [1.29, 1.82) is 0 Å². The third-order valence-electron chi connectivity index (χ3n) is 4.39. The normalized spacial score (nSPS) is 17.5. The minimum Gasteiger partial charge on any atom is -0.496 e. The van der Waals surface area contributed by atoms with Crippen LogP contribution in [0.3, 0.4) is 0 Å². The number of methoxy groups -OCH3 is 1. The summed E-state index contributed by atoms with van der Waals surface area (Å²) in [5.41, 5.74) is 3.83. The predicted molar refractivity (Wildman–Crippen MR) is 113 cm³/mol. The van der Waals surface area contributed by atoms with E-state index in [1.807, 2.05) is 56.3 Å². The molecule has 1 saturated heterocycles. The summed E-state index contributed by atoms with van der Waals surface area (Å²) < 4.78 is 5.31. The molecular formula is C21H23N3O3S. The number of rotatable bonds is 6. The fourth-order valence-corrected chi connectivity index (χ4v) is 3.90. The maximum absolute atomic E-state index is 12.4. The van der Waals surface area contributed by atoms with Crippen LogP contribution >= 0.6 is 11.8 Å². The number of thioether (sulfide) groups is 1. The van der Waals surface area contributed by atoms with E-state index in [2.05, 4.69) is 15.6 Å². The summed E-state index contributed by atoms with van der Waals surface area (Å²) in [7, 11) is 1.61. The van der Waals surface area contributed by atoms with Gasteiger partial charge in [0.1, 0.15) is 11.0 Å². The Morgan fingerprint density at radius 2 is 2.04 bits per heavy atom. The molecule has 2 N–H and O–H groups in total. The minimum absolute atomic E-state index is 0.0947.